The number of hydrogen-bond acceptors (Lipinski definition) is 5. The highest BCUT2D eigenvalue weighted by atomic mass is 35.5. The molecular formula is C25H26ClN3O3. The standard InChI is InChI=1S/C25H26ClN3O3/c1-2-3-14-32-25(31)21-13-12-20-22(26)28-23(24(30)29(20)21)27-16-17-8-7-11-19(15-17)18-9-5-4-6-10-18/h4-11,15,21H,2-3,12-14,16H2,1H3,(H,27,28)/t21-/m0/s1. The number of carbonyl (C=O) groups is 1. The fourth-order valence-electron chi connectivity index (χ4n) is 3.93. The summed E-state index contributed by atoms with van der Waals surface area (Å²) in [6.07, 6.45) is 2.74. The molecule has 0 bridgehead atoms. The number of rotatable bonds is 8. The molecule has 2 aromatic carbocycles. The Morgan fingerprint density at radius 1 is 1.19 bits per heavy atom. The van der Waals surface area contributed by atoms with Crippen LogP contribution >= 0.6 is 11.6 Å². The Kier molecular flexibility index (Phi) is 6.90. The molecule has 0 spiro atoms. The van der Waals surface area contributed by atoms with Crippen molar-refractivity contribution in [3.63, 3.8) is 0 Å². The van der Waals surface area contributed by atoms with Crippen LogP contribution in [-0.2, 0) is 22.5 Å². The van der Waals surface area contributed by atoms with E-state index in [9.17, 15) is 9.59 Å². The molecule has 1 atom stereocenters. The minimum absolute atomic E-state index is 0.136. The van der Waals surface area contributed by atoms with Gasteiger partial charge in [-0.2, -0.15) is 0 Å². The molecule has 7 heteroatoms. The summed E-state index contributed by atoms with van der Waals surface area (Å²) in [6, 6.07) is 17.5. The first-order valence-electron chi connectivity index (χ1n) is 10.9. The zero-order chi connectivity index (χ0) is 22.5. The number of carbonyl (C=O) groups excluding carboxylic acids is 1. The highest BCUT2D eigenvalue weighted by molar-refractivity contribution is 6.30. The van der Waals surface area contributed by atoms with Crippen LogP contribution in [0.5, 0.6) is 0 Å². The van der Waals surface area contributed by atoms with Crippen molar-refractivity contribution in [1.82, 2.24) is 9.55 Å². The Bertz CT molecular complexity index is 1160. The topological polar surface area (TPSA) is 73.2 Å². The van der Waals surface area contributed by atoms with Crippen molar-refractivity contribution >= 4 is 23.4 Å². The predicted molar refractivity (Wildman–Crippen MR) is 126 cm³/mol. The lowest BCUT2D eigenvalue weighted by Gasteiger charge is -2.16. The smallest absolute Gasteiger partial charge is 0.329 e. The van der Waals surface area contributed by atoms with Crippen LogP contribution in [0.15, 0.2) is 59.4 Å². The van der Waals surface area contributed by atoms with Gasteiger partial charge in [-0.15, -0.1) is 0 Å². The van der Waals surface area contributed by atoms with Gasteiger partial charge in [-0.3, -0.25) is 9.36 Å². The van der Waals surface area contributed by atoms with E-state index in [0.717, 1.165) is 29.5 Å². The van der Waals surface area contributed by atoms with E-state index in [-0.39, 0.29) is 22.5 Å². The van der Waals surface area contributed by atoms with Gasteiger partial charge < -0.3 is 10.1 Å². The number of anilines is 1. The highest BCUT2D eigenvalue weighted by Crippen LogP contribution is 2.30. The maximum Gasteiger partial charge on any atom is 0.329 e. The van der Waals surface area contributed by atoms with Gasteiger partial charge in [0, 0.05) is 6.54 Å². The summed E-state index contributed by atoms with van der Waals surface area (Å²) in [5.74, 6) is -0.250. The van der Waals surface area contributed by atoms with Gasteiger partial charge in [0.05, 0.1) is 12.3 Å². The zero-order valence-electron chi connectivity index (χ0n) is 18.0. The molecule has 1 aromatic heterocycles. The molecule has 166 valence electrons. The van der Waals surface area contributed by atoms with Crippen LogP contribution in [0.2, 0.25) is 5.15 Å². The molecule has 0 amide bonds. The van der Waals surface area contributed by atoms with Gasteiger partial charge in [-0.1, -0.05) is 73.5 Å². The third kappa shape index (κ3) is 4.70. The number of hydrogen-bond donors (Lipinski definition) is 1. The lowest BCUT2D eigenvalue weighted by atomic mass is 10.0. The van der Waals surface area contributed by atoms with E-state index in [4.69, 9.17) is 16.3 Å². The van der Waals surface area contributed by atoms with E-state index >= 15 is 0 Å². The van der Waals surface area contributed by atoms with Crippen LogP contribution in [-0.4, -0.2) is 22.1 Å². The molecule has 0 fully saturated rings. The number of nitrogens with zero attached hydrogens (tertiary/aromatic N) is 2. The third-order valence-corrected chi connectivity index (χ3v) is 5.94. The van der Waals surface area contributed by atoms with Gasteiger partial charge in [0.15, 0.2) is 11.0 Å². The summed E-state index contributed by atoms with van der Waals surface area (Å²) in [4.78, 5) is 30.0. The van der Waals surface area contributed by atoms with Gasteiger partial charge in [0.1, 0.15) is 6.04 Å². The number of nitrogens with one attached hydrogen (secondary N) is 1. The number of halogens is 1. The third-order valence-electron chi connectivity index (χ3n) is 5.63. The van der Waals surface area contributed by atoms with Crippen molar-refractivity contribution in [2.75, 3.05) is 11.9 Å². The minimum atomic E-state index is -0.656. The van der Waals surface area contributed by atoms with Crippen molar-refractivity contribution in [2.45, 2.75) is 45.2 Å². The van der Waals surface area contributed by atoms with Crippen molar-refractivity contribution < 1.29 is 9.53 Å². The zero-order valence-corrected chi connectivity index (χ0v) is 18.8. The number of esters is 1. The van der Waals surface area contributed by atoms with Crippen molar-refractivity contribution in [3.05, 3.63) is 81.4 Å². The first-order valence-corrected chi connectivity index (χ1v) is 11.3. The molecule has 1 aliphatic heterocycles. The summed E-state index contributed by atoms with van der Waals surface area (Å²) < 4.78 is 6.81. The summed E-state index contributed by atoms with van der Waals surface area (Å²) in [7, 11) is 0. The number of aromatic nitrogens is 2. The number of benzene rings is 2. The Labute approximate surface area is 192 Å². The number of unbranched alkanes of at least 4 members (excludes halogenated alkanes) is 1. The van der Waals surface area contributed by atoms with Crippen LogP contribution in [0.25, 0.3) is 11.1 Å². The molecule has 1 N–H and O–H groups in total. The Balaban J connectivity index is 1.54. The first kappa shape index (κ1) is 22.1. The van der Waals surface area contributed by atoms with Gasteiger partial charge in [0.25, 0.3) is 5.56 Å². The van der Waals surface area contributed by atoms with Crippen LogP contribution in [0.4, 0.5) is 5.82 Å². The molecule has 0 aliphatic carbocycles. The van der Waals surface area contributed by atoms with Crippen LogP contribution in [0, 0.1) is 0 Å². The molecule has 0 unspecified atom stereocenters. The summed E-state index contributed by atoms with van der Waals surface area (Å²) in [6.45, 7) is 2.80. The first-order chi connectivity index (χ1) is 15.6. The maximum atomic E-state index is 13.1. The predicted octanol–water partition coefficient (Wildman–Crippen LogP) is 5.01. The van der Waals surface area contributed by atoms with Crippen LogP contribution in [0.1, 0.15) is 43.5 Å². The SMILES string of the molecule is CCCCOC(=O)[C@@H]1CCc2c(Cl)nc(NCc3cccc(-c4ccccc4)c3)c(=O)n21. The monoisotopic (exact) mass is 451 g/mol. The second kappa shape index (κ2) is 10.0. The molecule has 0 radical (unpaired) electrons. The van der Waals surface area contributed by atoms with E-state index < -0.39 is 6.04 Å². The fourth-order valence-corrected chi connectivity index (χ4v) is 4.20. The Hall–Kier alpha value is -3.12. The number of fused-ring (bicyclic) bond motifs is 1. The molecule has 32 heavy (non-hydrogen) atoms. The average molecular weight is 452 g/mol. The van der Waals surface area contributed by atoms with Crippen molar-refractivity contribution in [2.24, 2.45) is 0 Å². The Morgan fingerprint density at radius 3 is 2.75 bits per heavy atom. The lowest BCUT2D eigenvalue weighted by Crippen LogP contribution is -2.31. The molecular weight excluding hydrogens is 426 g/mol. The van der Waals surface area contributed by atoms with E-state index in [2.05, 4.69) is 28.5 Å². The van der Waals surface area contributed by atoms with E-state index in [1.165, 1.54) is 4.57 Å². The molecule has 4 rings (SSSR count). The lowest BCUT2D eigenvalue weighted by molar-refractivity contribution is -0.147. The summed E-state index contributed by atoms with van der Waals surface area (Å²) in [5, 5.41) is 3.35. The largest absolute Gasteiger partial charge is 0.464 e. The summed E-state index contributed by atoms with van der Waals surface area (Å²) >= 11 is 6.37. The minimum Gasteiger partial charge on any atom is -0.464 e. The highest BCUT2D eigenvalue weighted by Gasteiger charge is 2.33. The van der Waals surface area contributed by atoms with E-state index in [1.54, 1.807) is 0 Å². The average Bonchev–Trinajstić information content (AvgIpc) is 3.28. The van der Waals surface area contributed by atoms with E-state index in [1.807, 2.05) is 43.3 Å². The van der Waals surface area contributed by atoms with Crippen LogP contribution < -0.4 is 10.9 Å². The molecule has 2 heterocycles. The number of ether oxygens (including phenoxy) is 1. The van der Waals surface area contributed by atoms with Crippen molar-refractivity contribution in [1.29, 1.82) is 0 Å². The van der Waals surface area contributed by atoms with Crippen LogP contribution in [0.3, 0.4) is 0 Å². The summed E-state index contributed by atoms with van der Waals surface area (Å²) in [5.41, 5.74) is 3.46. The molecule has 1 aliphatic rings. The van der Waals surface area contributed by atoms with Gasteiger partial charge in [-0.05, 0) is 42.0 Å². The quantitative estimate of drug-likeness (QED) is 0.385. The maximum absolute atomic E-state index is 13.1. The van der Waals surface area contributed by atoms with Gasteiger partial charge in [-0.25, -0.2) is 9.78 Å². The van der Waals surface area contributed by atoms with Crippen molar-refractivity contribution in [3.8, 4) is 11.1 Å². The molecule has 3 aromatic rings. The molecule has 6 nitrogen and oxygen atoms in total. The van der Waals surface area contributed by atoms with Gasteiger partial charge in [0.2, 0.25) is 0 Å². The second-order valence-electron chi connectivity index (χ2n) is 7.87. The molecule has 0 saturated carbocycles. The fraction of sp³-hybridized carbons (Fsp3) is 0.320. The van der Waals surface area contributed by atoms with E-state index in [0.29, 0.717) is 31.7 Å². The Morgan fingerprint density at radius 2 is 1.97 bits per heavy atom. The van der Waals surface area contributed by atoms with Gasteiger partial charge >= 0.3 is 5.97 Å². The second-order valence-corrected chi connectivity index (χ2v) is 8.23. The molecule has 0 saturated heterocycles. The normalized spacial score (nSPS) is 14.8.